The van der Waals surface area contributed by atoms with E-state index in [0.29, 0.717) is 6.04 Å². The summed E-state index contributed by atoms with van der Waals surface area (Å²) >= 11 is 0. The lowest BCUT2D eigenvalue weighted by atomic mass is 10.0. The smallest absolute Gasteiger partial charge is 0.240 e. The summed E-state index contributed by atoms with van der Waals surface area (Å²) in [6.45, 7) is 3.54. The first-order valence-corrected chi connectivity index (χ1v) is 6.37. The molecule has 19 heavy (non-hydrogen) atoms. The minimum absolute atomic E-state index is 0.0131. The Balaban J connectivity index is 2.05. The van der Waals surface area contributed by atoms with Gasteiger partial charge in [0.2, 0.25) is 5.91 Å². The molecule has 104 valence electrons. The van der Waals surface area contributed by atoms with E-state index in [4.69, 9.17) is 10.5 Å². The Kier molecular flexibility index (Phi) is 3.75. The number of rotatable bonds is 6. The van der Waals surface area contributed by atoms with E-state index in [1.807, 2.05) is 6.92 Å². The first kappa shape index (κ1) is 13.8. The van der Waals surface area contributed by atoms with Gasteiger partial charge >= 0.3 is 0 Å². The van der Waals surface area contributed by atoms with Gasteiger partial charge in [-0.1, -0.05) is 6.07 Å². The van der Waals surface area contributed by atoms with Crippen LogP contribution < -0.4 is 15.8 Å². The summed E-state index contributed by atoms with van der Waals surface area (Å²) < 4.78 is 19.0. The zero-order valence-electron chi connectivity index (χ0n) is 11.2. The SMILES string of the molecule is Cc1ccc(F)c(OCC(C)(NC2CC2)C(N)=O)c1. The van der Waals surface area contributed by atoms with E-state index in [1.54, 1.807) is 19.1 Å². The number of carbonyl (C=O) groups is 1. The Morgan fingerprint density at radius 3 is 2.84 bits per heavy atom. The number of benzene rings is 1. The third-order valence-corrected chi connectivity index (χ3v) is 3.25. The maximum Gasteiger partial charge on any atom is 0.240 e. The Morgan fingerprint density at radius 2 is 2.26 bits per heavy atom. The van der Waals surface area contributed by atoms with Crippen LogP contribution in [0.5, 0.6) is 5.75 Å². The van der Waals surface area contributed by atoms with E-state index >= 15 is 0 Å². The van der Waals surface area contributed by atoms with Gasteiger partial charge in [-0.05, 0) is 44.4 Å². The molecule has 0 radical (unpaired) electrons. The van der Waals surface area contributed by atoms with Gasteiger partial charge in [0.25, 0.3) is 0 Å². The molecule has 0 aromatic heterocycles. The lowest BCUT2D eigenvalue weighted by Gasteiger charge is -2.27. The van der Waals surface area contributed by atoms with Crippen LogP contribution in [0.4, 0.5) is 4.39 Å². The van der Waals surface area contributed by atoms with Crippen LogP contribution in [-0.4, -0.2) is 24.1 Å². The van der Waals surface area contributed by atoms with E-state index in [9.17, 15) is 9.18 Å². The first-order chi connectivity index (χ1) is 8.90. The van der Waals surface area contributed by atoms with Crippen molar-refractivity contribution in [1.82, 2.24) is 5.32 Å². The predicted octanol–water partition coefficient (Wildman–Crippen LogP) is 1.51. The van der Waals surface area contributed by atoms with Crippen LogP contribution in [0.1, 0.15) is 25.3 Å². The molecule has 0 bridgehead atoms. The predicted molar refractivity (Wildman–Crippen MR) is 70.4 cm³/mol. The van der Waals surface area contributed by atoms with Crippen LogP contribution in [0.2, 0.25) is 0 Å². The number of primary amides is 1. The Morgan fingerprint density at radius 1 is 1.58 bits per heavy atom. The average Bonchev–Trinajstić information content (AvgIpc) is 3.14. The van der Waals surface area contributed by atoms with Crippen molar-refractivity contribution in [2.75, 3.05) is 6.61 Å². The molecule has 1 unspecified atom stereocenters. The molecule has 1 amide bonds. The molecule has 3 N–H and O–H groups in total. The third kappa shape index (κ3) is 3.44. The zero-order valence-corrected chi connectivity index (χ0v) is 11.2. The Labute approximate surface area is 112 Å². The first-order valence-electron chi connectivity index (χ1n) is 6.37. The molecular weight excluding hydrogens is 247 g/mol. The van der Waals surface area contributed by atoms with Gasteiger partial charge in [-0.15, -0.1) is 0 Å². The number of hydrogen-bond acceptors (Lipinski definition) is 3. The molecule has 0 aliphatic heterocycles. The largest absolute Gasteiger partial charge is 0.488 e. The van der Waals surface area contributed by atoms with Gasteiger partial charge in [-0.25, -0.2) is 4.39 Å². The van der Waals surface area contributed by atoms with Crippen LogP contribution in [0.15, 0.2) is 18.2 Å². The summed E-state index contributed by atoms with van der Waals surface area (Å²) in [5, 5.41) is 3.15. The fourth-order valence-corrected chi connectivity index (χ4v) is 1.81. The number of aryl methyl sites for hydroxylation is 1. The summed E-state index contributed by atoms with van der Waals surface area (Å²) in [5.41, 5.74) is 5.32. The third-order valence-electron chi connectivity index (χ3n) is 3.25. The highest BCUT2D eigenvalue weighted by Crippen LogP contribution is 2.24. The maximum absolute atomic E-state index is 13.6. The molecule has 0 heterocycles. The fraction of sp³-hybridized carbons (Fsp3) is 0.500. The van der Waals surface area contributed by atoms with Crippen molar-refractivity contribution in [2.24, 2.45) is 5.73 Å². The Hall–Kier alpha value is -1.62. The summed E-state index contributed by atoms with van der Waals surface area (Å²) in [6, 6.07) is 4.93. The second kappa shape index (κ2) is 5.17. The van der Waals surface area contributed by atoms with Crippen molar-refractivity contribution in [3.8, 4) is 5.75 Å². The lowest BCUT2D eigenvalue weighted by molar-refractivity contribution is -0.125. The number of hydrogen-bond donors (Lipinski definition) is 2. The van der Waals surface area contributed by atoms with Crippen molar-refractivity contribution in [1.29, 1.82) is 0 Å². The molecule has 1 aliphatic rings. The number of carbonyl (C=O) groups excluding carboxylic acids is 1. The van der Waals surface area contributed by atoms with Crippen LogP contribution in [0.3, 0.4) is 0 Å². The molecule has 1 atom stereocenters. The number of ether oxygens (including phenoxy) is 1. The highest BCUT2D eigenvalue weighted by Gasteiger charge is 2.38. The normalized spacial score (nSPS) is 17.8. The summed E-state index contributed by atoms with van der Waals surface area (Å²) in [5.74, 6) is -0.790. The molecule has 1 aliphatic carbocycles. The van der Waals surface area contributed by atoms with Crippen molar-refractivity contribution >= 4 is 5.91 Å². The van der Waals surface area contributed by atoms with Gasteiger partial charge in [0.15, 0.2) is 11.6 Å². The zero-order chi connectivity index (χ0) is 14.0. The molecule has 4 nitrogen and oxygen atoms in total. The molecule has 1 aromatic rings. The highest BCUT2D eigenvalue weighted by atomic mass is 19.1. The maximum atomic E-state index is 13.6. The van der Waals surface area contributed by atoms with Crippen molar-refractivity contribution in [3.63, 3.8) is 0 Å². The highest BCUT2D eigenvalue weighted by molar-refractivity contribution is 5.84. The van der Waals surface area contributed by atoms with Crippen molar-refractivity contribution in [3.05, 3.63) is 29.6 Å². The van der Waals surface area contributed by atoms with E-state index in [2.05, 4.69) is 5.32 Å². The lowest BCUT2D eigenvalue weighted by Crippen LogP contribution is -2.57. The van der Waals surface area contributed by atoms with E-state index < -0.39 is 17.3 Å². The Bertz CT molecular complexity index is 488. The topological polar surface area (TPSA) is 64.3 Å². The second-order valence-corrected chi connectivity index (χ2v) is 5.34. The average molecular weight is 266 g/mol. The summed E-state index contributed by atoms with van der Waals surface area (Å²) in [7, 11) is 0. The number of amides is 1. The number of nitrogens with two attached hydrogens (primary N) is 1. The molecule has 1 aromatic carbocycles. The molecule has 5 heteroatoms. The monoisotopic (exact) mass is 266 g/mol. The molecule has 1 fully saturated rings. The van der Waals surface area contributed by atoms with Gasteiger partial charge in [0.1, 0.15) is 12.1 Å². The van der Waals surface area contributed by atoms with Gasteiger partial charge in [-0.2, -0.15) is 0 Å². The fourth-order valence-electron chi connectivity index (χ4n) is 1.81. The summed E-state index contributed by atoms with van der Waals surface area (Å²) in [6.07, 6.45) is 2.06. The number of nitrogens with one attached hydrogen (secondary N) is 1. The van der Waals surface area contributed by atoms with Gasteiger partial charge in [0, 0.05) is 6.04 Å². The molecule has 1 saturated carbocycles. The molecule has 0 spiro atoms. The van der Waals surface area contributed by atoms with E-state index in [-0.39, 0.29) is 12.4 Å². The molecular formula is C14H19FN2O2. The standard InChI is InChI=1S/C14H19FN2O2/c1-9-3-6-11(15)12(7-9)19-8-14(2,13(16)18)17-10-4-5-10/h3,6-7,10,17H,4-5,8H2,1-2H3,(H2,16,18). The van der Waals surface area contributed by atoms with E-state index in [1.165, 1.54) is 6.07 Å². The van der Waals surface area contributed by atoms with Gasteiger partial charge < -0.3 is 10.5 Å². The van der Waals surface area contributed by atoms with Crippen molar-refractivity contribution in [2.45, 2.75) is 38.3 Å². The molecule has 0 saturated heterocycles. The van der Waals surface area contributed by atoms with Crippen LogP contribution in [0.25, 0.3) is 0 Å². The quantitative estimate of drug-likeness (QED) is 0.820. The second-order valence-electron chi connectivity index (χ2n) is 5.34. The number of halogens is 1. The van der Waals surface area contributed by atoms with Crippen LogP contribution in [0, 0.1) is 12.7 Å². The van der Waals surface area contributed by atoms with Crippen molar-refractivity contribution < 1.29 is 13.9 Å². The van der Waals surface area contributed by atoms with Gasteiger partial charge in [0.05, 0.1) is 0 Å². The van der Waals surface area contributed by atoms with E-state index in [0.717, 1.165) is 18.4 Å². The van der Waals surface area contributed by atoms with Crippen LogP contribution >= 0.6 is 0 Å². The van der Waals surface area contributed by atoms with Gasteiger partial charge in [-0.3, -0.25) is 10.1 Å². The molecule has 2 rings (SSSR count). The van der Waals surface area contributed by atoms with Crippen LogP contribution in [-0.2, 0) is 4.79 Å². The minimum Gasteiger partial charge on any atom is -0.488 e. The summed E-state index contributed by atoms with van der Waals surface area (Å²) in [4.78, 5) is 11.5. The minimum atomic E-state index is -0.975.